The van der Waals surface area contributed by atoms with Crippen molar-refractivity contribution in [2.24, 2.45) is 0 Å². The van der Waals surface area contributed by atoms with Crippen LogP contribution in [0.25, 0.3) is 10.9 Å². The van der Waals surface area contributed by atoms with Crippen LogP contribution in [0.5, 0.6) is 28.7 Å². The molecule has 0 amide bonds. The molecule has 2 N–H and O–H groups in total. The summed E-state index contributed by atoms with van der Waals surface area (Å²) in [6.45, 7) is 0. The fourth-order valence-corrected chi connectivity index (χ4v) is 2.59. The van der Waals surface area contributed by atoms with Crippen LogP contribution in [0.15, 0.2) is 30.6 Å². The molecule has 26 heavy (non-hydrogen) atoms. The zero-order valence-electron chi connectivity index (χ0n) is 14.9. The summed E-state index contributed by atoms with van der Waals surface area (Å²) in [5.74, 6) is 2.20. The van der Waals surface area contributed by atoms with Crippen molar-refractivity contribution in [3.05, 3.63) is 30.6 Å². The average molecular weight is 357 g/mol. The Balaban J connectivity index is 2.09. The lowest BCUT2D eigenvalue weighted by Crippen LogP contribution is -1.99. The molecule has 2 aromatic carbocycles. The molecule has 0 saturated carbocycles. The summed E-state index contributed by atoms with van der Waals surface area (Å²) < 4.78 is 21.0. The van der Waals surface area contributed by atoms with Crippen LogP contribution in [0.1, 0.15) is 0 Å². The average Bonchev–Trinajstić information content (AvgIpc) is 2.68. The molecule has 3 rings (SSSR count). The van der Waals surface area contributed by atoms with Gasteiger partial charge in [0.05, 0.1) is 34.0 Å². The Labute approximate surface area is 150 Å². The fourth-order valence-electron chi connectivity index (χ4n) is 2.59. The number of benzene rings is 2. The van der Waals surface area contributed by atoms with Crippen molar-refractivity contribution in [1.82, 2.24) is 9.97 Å². The minimum Gasteiger partial charge on any atom is -0.502 e. The number of aromatic hydroxyl groups is 1. The van der Waals surface area contributed by atoms with Crippen LogP contribution in [-0.4, -0.2) is 43.5 Å². The van der Waals surface area contributed by atoms with Gasteiger partial charge in [0.1, 0.15) is 12.1 Å². The fraction of sp³-hybridized carbons (Fsp3) is 0.222. The second-order valence-electron chi connectivity index (χ2n) is 5.30. The van der Waals surface area contributed by atoms with E-state index in [2.05, 4.69) is 15.3 Å². The van der Waals surface area contributed by atoms with Crippen molar-refractivity contribution >= 4 is 22.4 Å². The van der Waals surface area contributed by atoms with Gasteiger partial charge >= 0.3 is 0 Å². The minimum absolute atomic E-state index is 0.0699. The van der Waals surface area contributed by atoms with Crippen molar-refractivity contribution in [2.75, 3.05) is 33.8 Å². The third kappa shape index (κ3) is 3.08. The van der Waals surface area contributed by atoms with E-state index < -0.39 is 0 Å². The van der Waals surface area contributed by atoms with Crippen LogP contribution in [-0.2, 0) is 0 Å². The molecule has 3 aromatic rings. The standard InChI is InChI=1S/C18H19N3O5/c1-23-13-7-11-12(8-14(13)24-2)19-9-20-18(11)21-10-5-15(25-3)17(22)16(6-10)26-4/h5-9,22H,1-4H3,(H,19,20,21). The molecule has 136 valence electrons. The second-order valence-corrected chi connectivity index (χ2v) is 5.30. The topological polar surface area (TPSA) is 95.0 Å². The van der Waals surface area contributed by atoms with Crippen molar-refractivity contribution in [2.45, 2.75) is 0 Å². The quantitative estimate of drug-likeness (QED) is 0.650. The van der Waals surface area contributed by atoms with Gasteiger partial charge in [-0.15, -0.1) is 0 Å². The normalized spacial score (nSPS) is 10.5. The van der Waals surface area contributed by atoms with E-state index >= 15 is 0 Å². The molecule has 0 unspecified atom stereocenters. The Morgan fingerprint density at radius 3 is 1.92 bits per heavy atom. The van der Waals surface area contributed by atoms with Gasteiger partial charge in [0.25, 0.3) is 0 Å². The number of ether oxygens (including phenoxy) is 4. The first-order chi connectivity index (χ1) is 12.6. The van der Waals surface area contributed by atoms with Crippen LogP contribution in [0, 0.1) is 0 Å². The number of nitrogens with zero attached hydrogens (tertiary/aromatic N) is 2. The zero-order valence-corrected chi connectivity index (χ0v) is 14.9. The lowest BCUT2D eigenvalue weighted by Gasteiger charge is -2.14. The summed E-state index contributed by atoms with van der Waals surface area (Å²) in [6, 6.07) is 6.86. The van der Waals surface area contributed by atoms with Gasteiger partial charge in [-0.05, 0) is 6.07 Å². The Morgan fingerprint density at radius 2 is 1.35 bits per heavy atom. The number of anilines is 2. The number of methoxy groups -OCH3 is 4. The van der Waals surface area contributed by atoms with Gasteiger partial charge in [-0.3, -0.25) is 0 Å². The lowest BCUT2D eigenvalue weighted by atomic mass is 10.2. The Bertz CT molecular complexity index is 920. The first kappa shape index (κ1) is 17.4. The van der Waals surface area contributed by atoms with Gasteiger partial charge in [-0.1, -0.05) is 0 Å². The highest BCUT2D eigenvalue weighted by atomic mass is 16.5. The lowest BCUT2D eigenvalue weighted by molar-refractivity contribution is 0.340. The van der Waals surface area contributed by atoms with Crippen molar-refractivity contribution in [3.63, 3.8) is 0 Å². The molecule has 0 aliphatic rings. The molecule has 8 nitrogen and oxygen atoms in total. The summed E-state index contributed by atoms with van der Waals surface area (Å²) in [6.07, 6.45) is 1.45. The van der Waals surface area contributed by atoms with E-state index in [1.807, 2.05) is 0 Å². The van der Waals surface area contributed by atoms with Crippen molar-refractivity contribution in [3.8, 4) is 28.7 Å². The highest BCUT2D eigenvalue weighted by molar-refractivity contribution is 5.93. The molecule has 0 saturated heterocycles. The van der Waals surface area contributed by atoms with E-state index in [0.29, 0.717) is 28.5 Å². The number of hydrogen-bond acceptors (Lipinski definition) is 8. The summed E-state index contributed by atoms with van der Waals surface area (Å²) >= 11 is 0. The number of phenolic OH excluding ortho intramolecular Hbond substituents is 1. The molecule has 1 heterocycles. The van der Waals surface area contributed by atoms with E-state index in [0.717, 1.165) is 5.39 Å². The molecule has 0 aliphatic heterocycles. The summed E-state index contributed by atoms with van der Waals surface area (Å²) in [4.78, 5) is 8.58. The van der Waals surface area contributed by atoms with E-state index in [9.17, 15) is 5.11 Å². The molecule has 0 fully saturated rings. The maximum Gasteiger partial charge on any atom is 0.200 e. The van der Waals surface area contributed by atoms with Gasteiger partial charge < -0.3 is 29.4 Å². The van der Waals surface area contributed by atoms with Gasteiger partial charge in [0.15, 0.2) is 23.0 Å². The van der Waals surface area contributed by atoms with E-state index in [1.165, 1.54) is 20.5 Å². The third-order valence-electron chi connectivity index (χ3n) is 3.88. The summed E-state index contributed by atoms with van der Waals surface area (Å²) in [7, 11) is 6.07. The van der Waals surface area contributed by atoms with Crippen molar-refractivity contribution < 1.29 is 24.1 Å². The number of fused-ring (bicyclic) bond motifs is 1. The number of nitrogens with one attached hydrogen (secondary N) is 1. The molecule has 0 radical (unpaired) electrons. The summed E-state index contributed by atoms with van der Waals surface area (Å²) in [5, 5.41) is 14.0. The van der Waals surface area contributed by atoms with Crippen LogP contribution in [0.2, 0.25) is 0 Å². The zero-order chi connectivity index (χ0) is 18.7. The van der Waals surface area contributed by atoms with Crippen LogP contribution < -0.4 is 24.3 Å². The first-order valence-corrected chi connectivity index (χ1v) is 7.70. The van der Waals surface area contributed by atoms with E-state index in [-0.39, 0.29) is 17.2 Å². The molecule has 0 atom stereocenters. The Morgan fingerprint density at radius 1 is 0.769 bits per heavy atom. The van der Waals surface area contributed by atoms with Gasteiger partial charge in [0.2, 0.25) is 5.75 Å². The number of phenols is 1. The SMILES string of the molecule is COc1cc2ncnc(Nc3cc(OC)c(O)c(OC)c3)c2cc1OC. The Kier molecular flexibility index (Phi) is 4.83. The summed E-state index contributed by atoms with van der Waals surface area (Å²) in [5.41, 5.74) is 1.32. The third-order valence-corrected chi connectivity index (χ3v) is 3.88. The molecule has 0 aliphatic carbocycles. The number of hydrogen-bond donors (Lipinski definition) is 2. The van der Waals surface area contributed by atoms with Gasteiger partial charge in [0, 0.05) is 29.3 Å². The largest absolute Gasteiger partial charge is 0.502 e. The Hall–Kier alpha value is -3.42. The van der Waals surface area contributed by atoms with Gasteiger partial charge in [-0.2, -0.15) is 0 Å². The smallest absolute Gasteiger partial charge is 0.200 e. The van der Waals surface area contributed by atoms with Gasteiger partial charge in [-0.25, -0.2) is 9.97 Å². The van der Waals surface area contributed by atoms with E-state index in [1.54, 1.807) is 38.5 Å². The number of rotatable bonds is 6. The second kappa shape index (κ2) is 7.22. The highest BCUT2D eigenvalue weighted by Crippen LogP contribution is 2.40. The molecule has 0 bridgehead atoms. The molecular weight excluding hydrogens is 338 g/mol. The molecule has 0 spiro atoms. The maximum absolute atomic E-state index is 10.0. The van der Waals surface area contributed by atoms with Crippen LogP contribution in [0.4, 0.5) is 11.5 Å². The minimum atomic E-state index is -0.0699. The first-order valence-electron chi connectivity index (χ1n) is 7.70. The monoisotopic (exact) mass is 357 g/mol. The van der Waals surface area contributed by atoms with Crippen molar-refractivity contribution in [1.29, 1.82) is 0 Å². The predicted octanol–water partition coefficient (Wildman–Crippen LogP) is 3.11. The highest BCUT2D eigenvalue weighted by Gasteiger charge is 2.14. The van der Waals surface area contributed by atoms with Crippen LogP contribution >= 0.6 is 0 Å². The molecule has 1 aromatic heterocycles. The number of aromatic nitrogens is 2. The van der Waals surface area contributed by atoms with Crippen LogP contribution in [0.3, 0.4) is 0 Å². The molecule has 8 heteroatoms. The predicted molar refractivity (Wildman–Crippen MR) is 97.1 cm³/mol. The van der Waals surface area contributed by atoms with E-state index in [4.69, 9.17) is 18.9 Å². The molecular formula is C18H19N3O5. The maximum atomic E-state index is 10.0.